The molecule has 1 aromatic heterocycles. The molecule has 2 aliphatic rings. The lowest BCUT2D eigenvalue weighted by molar-refractivity contribution is 0.105. The Kier molecular flexibility index (Phi) is 7.28. The number of piperazine rings is 1. The molecule has 2 atom stereocenters. The molecule has 0 unspecified atom stereocenters. The zero-order valence-electron chi connectivity index (χ0n) is 22.6. The molecule has 0 aliphatic carbocycles. The van der Waals surface area contributed by atoms with Gasteiger partial charge in [-0.25, -0.2) is 23.5 Å². The van der Waals surface area contributed by atoms with Crippen LogP contribution in [0, 0.1) is 11.6 Å². The maximum absolute atomic E-state index is 16.5. The fourth-order valence-electron chi connectivity index (χ4n) is 5.53. The fourth-order valence-corrected chi connectivity index (χ4v) is 5.82. The molecule has 5 rings (SSSR count). The monoisotopic (exact) mass is 559 g/mol. The average Bonchev–Trinajstić information content (AvgIpc) is 2.84. The van der Waals surface area contributed by atoms with Gasteiger partial charge in [-0.2, -0.15) is 0 Å². The minimum Gasteiger partial charge on any atom is -0.496 e. The fraction of sp³-hybridized carbons (Fsp3) is 0.464. The van der Waals surface area contributed by atoms with Crippen molar-refractivity contribution < 1.29 is 23.4 Å². The highest BCUT2D eigenvalue weighted by molar-refractivity contribution is 6.34. The molecule has 2 aliphatic heterocycles. The second-order valence-corrected chi connectivity index (χ2v) is 11.1. The first kappa shape index (κ1) is 27.3. The number of likely N-dealkylation sites (tertiary alicyclic amines) is 1. The molecular weight excluding hydrogens is 528 g/mol. The zero-order chi connectivity index (χ0) is 28.2. The van der Waals surface area contributed by atoms with Crippen molar-refractivity contribution in [3.63, 3.8) is 0 Å². The molecule has 2 saturated heterocycles. The van der Waals surface area contributed by atoms with Crippen molar-refractivity contribution in [2.45, 2.75) is 51.7 Å². The molecule has 1 amide bonds. The molecule has 1 N–H and O–H groups in total. The summed E-state index contributed by atoms with van der Waals surface area (Å²) in [4.78, 5) is 27.0. The van der Waals surface area contributed by atoms with E-state index in [1.807, 2.05) is 18.7 Å². The van der Waals surface area contributed by atoms with Crippen molar-refractivity contribution >= 4 is 34.4 Å². The quantitative estimate of drug-likeness (QED) is 0.434. The highest BCUT2D eigenvalue weighted by atomic mass is 35.5. The van der Waals surface area contributed by atoms with E-state index in [0.717, 1.165) is 13.1 Å². The van der Waals surface area contributed by atoms with Gasteiger partial charge in [-0.1, -0.05) is 17.7 Å². The van der Waals surface area contributed by atoms with Crippen molar-refractivity contribution in [3.05, 3.63) is 46.7 Å². The van der Waals surface area contributed by atoms with E-state index in [4.69, 9.17) is 21.3 Å². The number of anilines is 1. The number of methoxy groups -OCH3 is 1. The maximum atomic E-state index is 16.5. The van der Waals surface area contributed by atoms with Gasteiger partial charge in [-0.3, -0.25) is 4.90 Å². The SMILES string of the molecule is COc1cccc(F)c1-c1c(Cl)cc2c(N3C[C@@H](C)N(C(=O)O)C[C@@H]3C)nc(C3CN(C(C)C)C3)nc2c1F. The smallest absolute Gasteiger partial charge is 0.407 e. The number of carboxylic acid groups (broad SMARTS) is 1. The van der Waals surface area contributed by atoms with Gasteiger partial charge >= 0.3 is 6.09 Å². The third kappa shape index (κ3) is 4.74. The van der Waals surface area contributed by atoms with Gasteiger partial charge in [0.1, 0.15) is 28.7 Å². The van der Waals surface area contributed by atoms with Gasteiger partial charge in [0.05, 0.1) is 17.7 Å². The predicted octanol–water partition coefficient (Wildman–Crippen LogP) is 5.62. The number of halogens is 3. The summed E-state index contributed by atoms with van der Waals surface area (Å²) in [5.41, 5.74) is -0.148. The van der Waals surface area contributed by atoms with Crippen LogP contribution in [0.25, 0.3) is 22.0 Å². The van der Waals surface area contributed by atoms with Crippen molar-refractivity contribution in [1.82, 2.24) is 19.8 Å². The van der Waals surface area contributed by atoms with Crippen LogP contribution >= 0.6 is 11.6 Å². The average molecular weight is 560 g/mol. The molecule has 2 aromatic carbocycles. The van der Waals surface area contributed by atoms with E-state index in [9.17, 15) is 9.90 Å². The van der Waals surface area contributed by atoms with E-state index in [0.29, 0.717) is 29.6 Å². The third-order valence-electron chi connectivity index (χ3n) is 7.83. The number of nitrogens with zero attached hydrogens (tertiary/aromatic N) is 5. The van der Waals surface area contributed by atoms with Crippen LogP contribution in [-0.2, 0) is 0 Å². The number of rotatable bonds is 5. The van der Waals surface area contributed by atoms with Crippen LogP contribution in [0.1, 0.15) is 39.4 Å². The third-order valence-corrected chi connectivity index (χ3v) is 8.13. The Bertz CT molecular complexity index is 1430. The molecule has 39 heavy (non-hydrogen) atoms. The van der Waals surface area contributed by atoms with Crippen LogP contribution in [0.5, 0.6) is 5.75 Å². The van der Waals surface area contributed by atoms with Gasteiger partial charge in [0.2, 0.25) is 0 Å². The van der Waals surface area contributed by atoms with Gasteiger partial charge in [0.25, 0.3) is 0 Å². The normalized spacial score (nSPS) is 20.5. The van der Waals surface area contributed by atoms with Gasteiger partial charge < -0.3 is 19.6 Å². The predicted molar refractivity (Wildman–Crippen MR) is 147 cm³/mol. The number of amides is 1. The number of carbonyl (C=O) groups is 1. The Hall–Kier alpha value is -3.24. The van der Waals surface area contributed by atoms with Crippen LogP contribution in [0.3, 0.4) is 0 Å². The van der Waals surface area contributed by atoms with E-state index in [1.165, 1.54) is 24.1 Å². The van der Waals surface area contributed by atoms with E-state index >= 15 is 8.78 Å². The highest BCUT2D eigenvalue weighted by Crippen LogP contribution is 2.43. The Morgan fingerprint density at radius 1 is 1.10 bits per heavy atom. The van der Waals surface area contributed by atoms with Crippen LogP contribution in [0.15, 0.2) is 24.3 Å². The van der Waals surface area contributed by atoms with Crippen LogP contribution in [0.2, 0.25) is 5.02 Å². The topological polar surface area (TPSA) is 82.0 Å². The summed E-state index contributed by atoms with van der Waals surface area (Å²) < 4.78 is 36.8. The van der Waals surface area contributed by atoms with Gasteiger partial charge in [0, 0.05) is 61.2 Å². The van der Waals surface area contributed by atoms with Gasteiger partial charge in [-0.05, 0) is 45.9 Å². The number of fused-ring (bicyclic) bond motifs is 1. The zero-order valence-corrected chi connectivity index (χ0v) is 23.3. The molecule has 208 valence electrons. The maximum Gasteiger partial charge on any atom is 0.407 e. The minimum absolute atomic E-state index is 0.000463. The summed E-state index contributed by atoms with van der Waals surface area (Å²) >= 11 is 6.65. The van der Waals surface area contributed by atoms with E-state index in [2.05, 4.69) is 23.7 Å². The lowest BCUT2D eigenvalue weighted by Crippen LogP contribution is -2.58. The van der Waals surface area contributed by atoms with E-state index in [1.54, 1.807) is 12.1 Å². The summed E-state index contributed by atoms with van der Waals surface area (Å²) in [5, 5.41) is 10.0. The van der Waals surface area contributed by atoms with Crippen molar-refractivity contribution in [1.29, 1.82) is 0 Å². The van der Waals surface area contributed by atoms with Gasteiger partial charge in [-0.15, -0.1) is 0 Å². The number of hydrogen-bond donors (Lipinski definition) is 1. The lowest BCUT2D eigenvalue weighted by Gasteiger charge is -2.44. The minimum atomic E-state index is -0.983. The molecule has 3 heterocycles. The van der Waals surface area contributed by atoms with Crippen LogP contribution in [-0.4, -0.2) is 82.4 Å². The van der Waals surface area contributed by atoms with Gasteiger partial charge in [0.15, 0.2) is 5.82 Å². The van der Waals surface area contributed by atoms with Crippen LogP contribution < -0.4 is 9.64 Å². The van der Waals surface area contributed by atoms with Crippen molar-refractivity contribution in [2.75, 3.05) is 38.2 Å². The Balaban J connectivity index is 1.71. The molecule has 3 aromatic rings. The molecular formula is C28H32ClF2N5O3. The number of hydrogen-bond acceptors (Lipinski definition) is 6. The highest BCUT2D eigenvalue weighted by Gasteiger charge is 2.37. The Morgan fingerprint density at radius 3 is 2.46 bits per heavy atom. The first-order valence-corrected chi connectivity index (χ1v) is 13.4. The number of benzene rings is 2. The Labute approximate surface area is 231 Å². The molecule has 11 heteroatoms. The second-order valence-electron chi connectivity index (χ2n) is 10.7. The molecule has 2 fully saturated rings. The molecule has 0 spiro atoms. The molecule has 0 saturated carbocycles. The summed E-state index contributed by atoms with van der Waals surface area (Å²) in [7, 11) is 1.39. The van der Waals surface area contributed by atoms with E-state index < -0.39 is 17.7 Å². The lowest BCUT2D eigenvalue weighted by atomic mass is 9.96. The Morgan fingerprint density at radius 2 is 1.82 bits per heavy atom. The van der Waals surface area contributed by atoms with E-state index in [-0.39, 0.29) is 52.0 Å². The van der Waals surface area contributed by atoms with Crippen LogP contribution in [0.4, 0.5) is 19.4 Å². The summed E-state index contributed by atoms with van der Waals surface area (Å²) in [5.74, 6) is -0.259. The summed E-state index contributed by atoms with van der Waals surface area (Å²) in [6.45, 7) is 10.1. The van der Waals surface area contributed by atoms with Crippen molar-refractivity contribution in [2.24, 2.45) is 0 Å². The second kappa shape index (κ2) is 10.4. The largest absolute Gasteiger partial charge is 0.496 e. The molecule has 0 bridgehead atoms. The molecule has 0 radical (unpaired) electrons. The first-order chi connectivity index (χ1) is 18.5. The molecule has 8 nitrogen and oxygen atoms in total. The number of ether oxygens (including phenoxy) is 1. The first-order valence-electron chi connectivity index (χ1n) is 13.0. The van der Waals surface area contributed by atoms with Crippen molar-refractivity contribution in [3.8, 4) is 16.9 Å². The standard InChI is InChI=1S/C28H32ClF2N5O3/c1-14(2)34-12-17(13-34)26-32-25-18(27(33-26)35-10-16(4)36(28(37)38)11-15(35)3)9-19(29)22(24(25)31)23-20(30)7-6-8-21(23)39-5/h6-9,14-17H,10-13H2,1-5H3,(H,37,38)/t15-,16+/m0/s1. The summed E-state index contributed by atoms with van der Waals surface area (Å²) in [6.07, 6.45) is -0.983. The summed E-state index contributed by atoms with van der Waals surface area (Å²) in [6, 6.07) is 5.66. The number of aromatic nitrogens is 2.